The van der Waals surface area contributed by atoms with Crippen LogP contribution < -0.4 is 0 Å². The number of amides is 2. The summed E-state index contributed by atoms with van der Waals surface area (Å²) in [7, 11) is 0. The summed E-state index contributed by atoms with van der Waals surface area (Å²) in [4.78, 5) is 30.6. The Labute approximate surface area is 164 Å². The van der Waals surface area contributed by atoms with E-state index in [0.29, 0.717) is 12.6 Å². The molecule has 0 N–H and O–H groups in total. The van der Waals surface area contributed by atoms with Crippen LogP contribution in [-0.4, -0.2) is 78.6 Å². The van der Waals surface area contributed by atoms with Gasteiger partial charge in [-0.05, 0) is 44.1 Å². The SMILES string of the molecule is CC(=O)N1CCC(N2CC[C@]3(CCCN(C(=O)OCC(C)(C)C)C3)C2)CC1. The highest BCUT2D eigenvalue weighted by atomic mass is 16.6. The number of rotatable bonds is 2. The first-order valence-electron chi connectivity index (χ1n) is 10.6. The standard InChI is InChI=1S/C21H37N3O3/c1-17(25)22-11-6-18(7-12-22)23-13-9-21(14-23)8-5-10-24(15-21)19(26)27-16-20(2,3)4/h18H,5-16H2,1-4H3/t21-/m1/s1. The van der Waals surface area contributed by atoms with E-state index in [1.165, 1.54) is 12.8 Å². The van der Waals surface area contributed by atoms with Crippen LogP contribution in [0.25, 0.3) is 0 Å². The van der Waals surface area contributed by atoms with Gasteiger partial charge in [0.2, 0.25) is 5.91 Å². The summed E-state index contributed by atoms with van der Waals surface area (Å²) in [6.07, 6.45) is 5.46. The second-order valence-corrected chi connectivity index (χ2v) is 10.1. The molecule has 0 radical (unpaired) electrons. The molecular weight excluding hydrogens is 342 g/mol. The Balaban J connectivity index is 1.52. The van der Waals surface area contributed by atoms with Crippen LogP contribution in [0.5, 0.6) is 0 Å². The van der Waals surface area contributed by atoms with E-state index in [4.69, 9.17) is 4.74 Å². The van der Waals surface area contributed by atoms with E-state index in [1.54, 1.807) is 6.92 Å². The first kappa shape index (κ1) is 20.4. The van der Waals surface area contributed by atoms with Gasteiger partial charge in [0.1, 0.15) is 0 Å². The number of piperidine rings is 2. The minimum Gasteiger partial charge on any atom is -0.449 e. The van der Waals surface area contributed by atoms with Gasteiger partial charge in [-0.2, -0.15) is 0 Å². The van der Waals surface area contributed by atoms with Crippen molar-refractivity contribution in [2.24, 2.45) is 10.8 Å². The van der Waals surface area contributed by atoms with Crippen LogP contribution in [-0.2, 0) is 9.53 Å². The normalized spacial score (nSPS) is 28.0. The second kappa shape index (κ2) is 7.98. The molecule has 3 aliphatic heterocycles. The molecule has 0 aromatic heterocycles. The van der Waals surface area contributed by atoms with E-state index in [-0.39, 0.29) is 22.8 Å². The largest absolute Gasteiger partial charge is 0.449 e. The zero-order chi connectivity index (χ0) is 19.7. The molecule has 1 spiro atoms. The van der Waals surface area contributed by atoms with Crippen molar-refractivity contribution in [1.82, 2.24) is 14.7 Å². The zero-order valence-electron chi connectivity index (χ0n) is 17.6. The second-order valence-electron chi connectivity index (χ2n) is 10.1. The number of carbonyl (C=O) groups excluding carboxylic acids is 2. The van der Waals surface area contributed by atoms with Crippen LogP contribution in [0.3, 0.4) is 0 Å². The van der Waals surface area contributed by atoms with E-state index >= 15 is 0 Å². The van der Waals surface area contributed by atoms with Gasteiger partial charge in [0.05, 0.1) is 6.61 Å². The van der Waals surface area contributed by atoms with Gasteiger partial charge in [-0.1, -0.05) is 20.8 Å². The Morgan fingerprint density at radius 3 is 2.33 bits per heavy atom. The van der Waals surface area contributed by atoms with Crippen molar-refractivity contribution in [1.29, 1.82) is 0 Å². The lowest BCUT2D eigenvalue weighted by molar-refractivity contribution is -0.130. The van der Waals surface area contributed by atoms with Crippen molar-refractivity contribution in [2.75, 3.05) is 45.9 Å². The molecule has 3 aliphatic rings. The summed E-state index contributed by atoms with van der Waals surface area (Å²) in [5, 5.41) is 0. The average Bonchev–Trinajstić information content (AvgIpc) is 3.02. The Bertz CT molecular complexity index is 551. The number of carbonyl (C=O) groups is 2. The molecule has 0 aromatic carbocycles. The van der Waals surface area contributed by atoms with Crippen LogP contribution in [0.4, 0.5) is 4.79 Å². The summed E-state index contributed by atoms with van der Waals surface area (Å²) >= 11 is 0. The molecule has 3 saturated heterocycles. The third-order valence-electron chi connectivity index (χ3n) is 6.44. The molecule has 0 bridgehead atoms. The number of nitrogens with zero attached hydrogens (tertiary/aromatic N) is 3. The van der Waals surface area contributed by atoms with Gasteiger partial charge in [-0.25, -0.2) is 4.79 Å². The summed E-state index contributed by atoms with van der Waals surface area (Å²) in [5.74, 6) is 0.197. The summed E-state index contributed by atoms with van der Waals surface area (Å²) in [6.45, 7) is 14.0. The van der Waals surface area contributed by atoms with Crippen LogP contribution in [0.15, 0.2) is 0 Å². The van der Waals surface area contributed by atoms with Crippen molar-refractivity contribution in [2.45, 2.75) is 65.8 Å². The van der Waals surface area contributed by atoms with Crippen molar-refractivity contribution >= 4 is 12.0 Å². The van der Waals surface area contributed by atoms with Gasteiger partial charge >= 0.3 is 6.09 Å². The van der Waals surface area contributed by atoms with E-state index in [9.17, 15) is 9.59 Å². The van der Waals surface area contributed by atoms with E-state index in [2.05, 4.69) is 25.7 Å². The van der Waals surface area contributed by atoms with Crippen LogP contribution in [0, 0.1) is 10.8 Å². The minimum absolute atomic E-state index is 0.00201. The lowest BCUT2D eigenvalue weighted by atomic mass is 9.79. The smallest absolute Gasteiger partial charge is 0.409 e. The van der Waals surface area contributed by atoms with Crippen molar-refractivity contribution in [3.05, 3.63) is 0 Å². The number of likely N-dealkylation sites (tertiary alicyclic amines) is 3. The molecule has 3 fully saturated rings. The van der Waals surface area contributed by atoms with Gasteiger partial charge in [0, 0.05) is 51.1 Å². The van der Waals surface area contributed by atoms with Gasteiger partial charge < -0.3 is 14.5 Å². The van der Waals surface area contributed by atoms with Crippen LogP contribution >= 0.6 is 0 Å². The molecule has 0 aromatic rings. The molecular formula is C21H37N3O3. The quantitative estimate of drug-likeness (QED) is 0.740. The van der Waals surface area contributed by atoms with Crippen molar-refractivity contribution in [3.63, 3.8) is 0 Å². The fourth-order valence-corrected chi connectivity index (χ4v) is 4.89. The Morgan fingerprint density at radius 2 is 1.70 bits per heavy atom. The lowest BCUT2D eigenvalue weighted by Gasteiger charge is -2.41. The number of ether oxygens (including phenoxy) is 1. The topological polar surface area (TPSA) is 53.1 Å². The van der Waals surface area contributed by atoms with E-state index < -0.39 is 0 Å². The van der Waals surface area contributed by atoms with Gasteiger partial charge in [-0.15, -0.1) is 0 Å². The third-order valence-corrected chi connectivity index (χ3v) is 6.44. The van der Waals surface area contributed by atoms with E-state index in [0.717, 1.165) is 58.5 Å². The van der Waals surface area contributed by atoms with Crippen molar-refractivity contribution in [3.8, 4) is 0 Å². The summed E-state index contributed by atoms with van der Waals surface area (Å²) in [6, 6.07) is 0.586. The molecule has 0 unspecified atom stereocenters. The third kappa shape index (κ3) is 5.15. The van der Waals surface area contributed by atoms with Crippen LogP contribution in [0.1, 0.15) is 59.8 Å². The zero-order valence-corrected chi connectivity index (χ0v) is 17.6. The van der Waals surface area contributed by atoms with E-state index in [1.807, 2.05) is 9.80 Å². The molecule has 0 aliphatic carbocycles. The predicted molar refractivity (Wildman–Crippen MR) is 106 cm³/mol. The highest BCUT2D eigenvalue weighted by Gasteiger charge is 2.44. The maximum Gasteiger partial charge on any atom is 0.409 e. The Kier molecular flexibility index (Phi) is 6.04. The van der Waals surface area contributed by atoms with Gasteiger partial charge in [-0.3, -0.25) is 9.69 Å². The highest BCUT2D eigenvalue weighted by Crippen LogP contribution is 2.40. The number of hydrogen-bond donors (Lipinski definition) is 0. The maximum absolute atomic E-state index is 12.5. The van der Waals surface area contributed by atoms with Crippen LogP contribution in [0.2, 0.25) is 0 Å². The first-order valence-corrected chi connectivity index (χ1v) is 10.6. The first-order chi connectivity index (χ1) is 12.7. The molecule has 1 atom stereocenters. The molecule has 6 heteroatoms. The fraction of sp³-hybridized carbons (Fsp3) is 0.905. The van der Waals surface area contributed by atoms with Gasteiger partial charge in [0.25, 0.3) is 0 Å². The molecule has 3 heterocycles. The molecule has 27 heavy (non-hydrogen) atoms. The molecule has 0 saturated carbocycles. The Morgan fingerprint density at radius 1 is 1.00 bits per heavy atom. The molecule has 154 valence electrons. The summed E-state index contributed by atoms with van der Waals surface area (Å²) < 4.78 is 5.56. The number of hydrogen-bond acceptors (Lipinski definition) is 4. The molecule has 6 nitrogen and oxygen atoms in total. The predicted octanol–water partition coefficient (Wildman–Crippen LogP) is 2.97. The molecule has 3 rings (SSSR count). The fourth-order valence-electron chi connectivity index (χ4n) is 4.89. The molecule has 2 amide bonds. The monoisotopic (exact) mass is 379 g/mol. The lowest BCUT2D eigenvalue weighted by Crippen LogP contribution is -2.50. The Hall–Kier alpha value is -1.30. The maximum atomic E-state index is 12.5. The van der Waals surface area contributed by atoms with Gasteiger partial charge in [0.15, 0.2) is 0 Å². The average molecular weight is 380 g/mol. The van der Waals surface area contributed by atoms with Crippen molar-refractivity contribution < 1.29 is 14.3 Å². The highest BCUT2D eigenvalue weighted by molar-refractivity contribution is 5.73. The minimum atomic E-state index is -0.141. The summed E-state index contributed by atoms with van der Waals surface area (Å²) in [5.41, 5.74) is 0.235.